The summed E-state index contributed by atoms with van der Waals surface area (Å²) >= 11 is 2.42. The SMILES string of the molecule is CSCC1(NC(=O)C(N)c2ccccc2)C(=O)N2CC(c3cn[nH]n3)=C(C(=O)O)S[C@H]21. The van der Waals surface area contributed by atoms with Crippen molar-refractivity contribution in [2.75, 3.05) is 18.6 Å². The summed E-state index contributed by atoms with van der Waals surface area (Å²) in [5.41, 5.74) is 6.27. The van der Waals surface area contributed by atoms with Crippen molar-refractivity contribution >= 4 is 46.9 Å². The van der Waals surface area contributed by atoms with Crippen LogP contribution in [0.25, 0.3) is 5.57 Å². The van der Waals surface area contributed by atoms with Crippen molar-refractivity contribution < 1.29 is 19.5 Å². The molecule has 2 unspecified atom stereocenters. The van der Waals surface area contributed by atoms with E-state index in [0.29, 0.717) is 22.6 Å². The summed E-state index contributed by atoms with van der Waals surface area (Å²) in [6.07, 6.45) is 3.24. The summed E-state index contributed by atoms with van der Waals surface area (Å²) in [7, 11) is 0. The van der Waals surface area contributed by atoms with E-state index in [1.54, 1.807) is 29.2 Å². The molecule has 12 heteroatoms. The minimum Gasteiger partial charge on any atom is -0.477 e. The fourth-order valence-corrected chi connectivity index (χ4v) is 6.05. The van der Waals surface area contributed by atoms with Crippen molar-refractivity contribution in [2.45, 2.75) is 17.0 Å². The number of carbonyl (C=O) groups is 3. The van der Waals surface area contributed by atoms with Crippen LogP contribution in [0.2, 0.25) is 0 Å². The topological polar surface area (TPSA) is 154 Å². The molecular weight excluding hydrogens is 440 g/mol. The van der Waals surface area contributed by atoms with Gasteiger partial charge in [-0.05, 0) is 11.8 Å². The van der Waals surface area contributed by atoms with Crippen LogP contribution in [0, 0.1) is 0 Å². The zero-order chi connectivity index (χ0) is 22.2. The first-order valence-corrected chi connectivity index (χ1v) is 11.6. The zero-order valence-corrected chi connectivity index (χ0v) is 18.1. The van der Waals surface area contributed by atoms with Crippen LogP contribution in [0.15, 0.2) is 41.4 Å². The number of rotatable bonds is 7. The molecule has 31 heavy (non-hydrogen) atoms. The van der Waals surface area contributed by atoms with E-state index < -0.39 is 28.8 Å². The van der Waals surface area contributed by atoms with Crippen LogP contribution in [-0.2, 0) is 14.4 Å². The number of H-pyrrole nitrogens is 1. The minimum atomic E-state index is -1.25. The quantitative estimate of drug-likeness (QED) is 0.431. The van der Waals surface area contributed by atoms with Crippen molar-refractivity contribution in [3.63, 3.8) is 0 Å². The fraction of sp³-hybridized carbons (Fsp3) is 0.316. The molecule has 2 aliphatic rings. The van der Waals surface area contributed by atoms with E-state index in [1.165, 1.54) is 18.0 Å². The molecule has 0 radical (unpaired) electrons. The third-order valence-corrected chi connectivity index (χ3v) is 7.54. The molecule has 10 nitrogen and oxygen atoms in total. The number of carboxylic acids is 1. The lowest BCUT2D eigenvalue weighted by molar-refractivity contribution is -0.156. The highest BCUT2D eigenvalue weighted by atomic mass is 32.2. The summed E-state index contributed by atoms with van der Waals surface area (Å²) in [5.74, 6) is -1.60. The highest BCUT2D eigenvalue weighted by Gasteiger charge is 2.64. The summed E-state index contributed by atoms with van der Waals surface area (Å²) in [6.45, 7) is 0.0708. The number of nitrogens with one attached hydrogen (secondary N) is 2. The summed E-state index contributed by atoms with van der Waals surface area (Å²) in [5, 5.41) is 22.2. The van der Waals surface area contributed by atoms with Gasteiger partial charge in [0.2, 0.25) is 5.91 Å². The third kappa shape index (κ3) is 3.60. The Morgan fingerprint density at radius 3 is 2.81 bits per heavy atom. The van der Waals surface area contributed by atoms with Crippen LogP contribution in [0.5, 0.6) is 0 Å². The number of nitrogens with zero attached hydrogens (tertiary/aromatic N) is 3. The Kier molecular flexibility index (Phi) is 5.77. The number of carbonyl (C=O) groups excluding carboxylic acids is 2. The van der Waals surface area contributed by atoms with Gasteiger partial charge >= 0.3 is 5.97 Å². The molecule has 2 amide bonds. The first kappa shape index (κ1) is 21.4. The molecule has 3 atom stereocenters. The van der Waals surface area contributed by atoms with Gasteiger partial charge in [-0.15, -0.1) is 0 Å². The molecule has 0 aliphatic carbocycles. The summed E-state index contributed by atoms with van der Waals surface area (Å²) < 4.78 is 0. The number of benzene rings is 1. The lowest BCUT2D eigenvalue weighted by Crippen LogP contribution is -2.81. The molecule has 0 spiro atoms. The molecule has 3 heterocycles. The number of aromatic amines is 1. The van der Waals surface area contributed by atoms with Gasteiger partial charge in [-0.2, -0.15) is 27.2 Å². The molecule has 2 aromatic rings. The maximum atomic E-state index is 13.2. The highest BCUT2D eigenvalue weighted by molar-refractivity contribution is 8.05. The van der Waals surface area contributed by atoms with Crippen molar-refractivity contribution in [1.29, 1.82) is 0 Å². The van der Waals surface area contributed by atoms with Gasteiger partial charge in [-0.25, -0.2) is 4.79 Å². The molecule has 5 N–H and O–H groups in total. The number of aromatic nitrogens is 3. The van der Waals surface area contributed by atoms with E-state index in [0.717, 1.165) is 11.8 Å². The van der Waals surface area contributed by atoms with Crippen LogP contribution in [0.4, 0.5) is 0 Å². The minimum absolute atomic E-state index is 0.0708. The van der Waals surface area contributed by atoms with Crippen LogP contribution in [-0.4, -0.2) is 72.7 Å². The van der Waals surface area contributed by atoms with E-state index in [2.05, 4.69) is 20.7 Å². The average Bonchev–Trinajstić information content (AvgIpc) is 3.32. The Morgan fingerprint density at radius 1 is 1.45 bits per heavy atom. The van der Waals surface area contributed by atoms with Gasteiger partial charge in [-0.1, -0.05) is 42.1 Å². The number of aliphatic carboxylic acids is 1. The molecule has 2 aliphatic heterocycles. The number of amides is 2. The number of nitrogens with two attached hydrogens (primary N) is 1. The van der Waals surface area contributed by atoms with E-state index in [1.807, 2.05) is 12.3 Å². The Hall–Kier alpha value is -2.83. The Balaban J connectivity index is 1.63. The first-order chi connectivity index (χ1) is 14.9. The lowest BCUT2D eigenvalue weighted by Gasteiger charge is -2.57. The number of β-lactam (4-membered cyclic amide) rings is 1. The largest absolute Gasteiger partial charge is 0.477 e. The number of hydrogen-bond acceptors (Lipinski definition) is 8. The molecule has 1 fully saturated rings. The zero-order valence-electron chi connectivity index (χ0n) is 16.4. The van der Waals surface area contributed by atoms with Gasteiger partial charge in [-0.3, -0.25) is 9.59 Å². The summed E-state index contributed by atoms with van der Waals surface area (Å²) in [4.78, 5) is 39.7. The van der Waals surface area contributed by atoms with Gasteiger partial charge in [0.05, 0.1) is 12.7 Å². The molecule has 1 saturated heterocycles. The maximum absolute atomic E-state index is 13.2. The van der Waals surface area contributed by atoms with Gasteiger partial charge in [0, 0.05) is 11.3 Å². The molecule has 0 bridgehead atoms. The second-order valence-electron chi connectivity index (χ2n) is 7.15. The second-order valence-corrected chi connectivity index (χ2v) is 9.11. The number of thioether (sulfide) groups is 2. The third-order valence-electron chi connectivity index (χ3n) is 5.26. The van der Waals surface area contributed by atoms with Gasteiger partial charge in [0.15, 0.2) is 5.54 Å². The van der Waals surface area contributed by atoms with Crippen molar-refractivity contribution in [1.82, 2.24) is 25.6 Å². The monoisotopic (exact) mass is 460 g/mol. The van der Waals surface area contributed by atoms with E-state index in [-0.39, 0.29) is 17.4 Å². The molecule has 1 aromatic carbocycles. The van der Waals surface area contributed by atoms with Crippen LogP contribution in [0.1, 0.15) is 17.3 Å². The van der Waals surface area contributed by atoms with E-state index in [9.17, 15) is 19.5 Å². The predicted octanol–water partition coefficient (Wildman–Crippen LogP) is 0.433. The normalized spacial score (nSPS) is 23.7. The van der Waals surface area contributed by atoms with E-state index >= 15 is 0 Å². The van der Waals surface area contributed by atoms with Crippen LogP contribution in [0.3, 0.4) is 0 Å². The standard InChI is InChI=1S/C19H20N6O4S2/c1-30-9-19(22-15(26)13(20)10-5-3-2-4-6-10)17(29)25-8-11(12-7-21-24-23-12)14(16(27)28)31-18(19)25/h2-7,13,18H,8-9,20H2,1H3,(H,22,26)(H,27,28)(H,21,23,24)/t13?,18-,19?/m0/s1. The lowest BCUT2D eigenvalue weighted by atomic mass is 9.87. The second kappa shape index (κ2) is 8.36. The molecule has 162 valence electrons. The number of fused-ring (bicyclic) bond motifs is 1. The molecular formula is C19H20N6O4S2. The molecule has 4 rings (SSSR count). The smallest absolute Gasteiger partial charge is 0.342 e. The van der Waals surface area contributed by atoms with Gasteiger partial charge < -0.3 is 21.1 Å². The summed E-state index contributed by atoms with van der Waals surface area (Å²) in [6, 6.07) is 7.92. The number of carboxylic acid groups (broad SMARTS) is 1. The fourth-order valence-electron chi connectivity index (χ4n) is 3.76. The van der Waals surface area contributed by atoms with Gasteiger partial charge in [0.25, 0.3) is 5.91 Å². The molecule has 0 saturated carbocycles. The van der Waals surface area contributed by atoms with Crippen molar-refractivity contribution in [3.05, 3.63) is 52.7 Å². The first-order valence-electron chi connectivity index (χ1n) is 9.31. The average molecular weight is 461 g/mol. The maximum Gasteiger partial charge on any atom is 0.342 e. The Bertz CT molecular complexity index is 1040. The van der Waals surface area contributed by atoms with Crippen LogP contribution >= 0.6 is 23.5 Å². The number of hydrogen-bond donors (Lipinski definition) is 4. The van der Waals surface area contributed by atoms with Crippen molar-refractivity contribution in [3.8, 4) is 0 Å². The van der Waals surface area contributed by atoms with E-state index in [4.69, 9.17) is 5.73 Å². The van der Waals surface area contributed by atoms with Crippen molar-refractivity contribution in [2.24, 2.45) is 5.73 Å². The predicted molar refractivity (Wildman–Crippen MR) is 117 cm³/mol. The Labute approximate surface area is 186 Å². The van der Waals surface area contributed by atoms with Crippen LogP contribution < -0.4 is 11.1 Å². The molecule has 1 aromatic heterocycles. The van der Waals surface area contributed by atoms with Gasteiger partial charge in [0.1, 0.15) is 22.0 Å². The highest BCUT2D eigenvalue weighted by Crippen LogP contribution is 2.49. The Morgan fingerprint density at radius 2 is 2.19 bits per heavy atom.